The van der Waals surface area contributed by atoms with E-state index in [0.717, 1.165) is 39.3 Å². The molecule has 0 amide bonds. The van der Waals surface area contributed by atoms with Crippen LogP contribution in [0.3, 0.4) is 0 Å². The number of rotatable bonds is 11. The molecule has 0 aliphatic heterocycles. The van der Waals surface area contributed by atoms with Crippen LogP contribution < -0.4 is 5.32 Å². The van der Waals surface area contributed by atoms with E-state index in [9.17, 15) is 0 Å². The molecular weight excluding hydrogens is 212 g/mol. The molecule has 3 heteroatoms. The van der Waals surface area contributed by atoms with Crippen LogP contribution in [0.25, 0.3) is 0 Å². The zero-order valence-corrected chi connectivity index (χ0v) is 12.5. The van der Waals surface area contributed by atoms with Gasteiger partial charge in [-0.25, -0.2) is 0 Å². The van der Waals surface area contributed by atoms with Crippen LogP contribution in [-0.4, -0.2) is 49.8 Å². The molecule has 0 aromatic carbocycles. The highest BCUT2D eigenvalue weighted by Gasteiger charge is 2.12. The van der Waals surface area contributed by atoms with Crippen LogP contribution in [0.2, 0.25) is 0 Å². The fourth-order valence-electron chi connectivity index (χ4n) is 1.99. The summed E-state index contributed by atoms with van der Waals surface area (Å²) in [6, 6.07) is 1.20. The van der Waals surface area contributed by atoms with E-state index in [1.54, 1.807) is 0 Å². The van der Waals surface area contributed by atoms with E-state index >= 15 is 0 Å². The predicted molar refractivity (Wildman–Crippen MR) is 75.6 cm³/mol. The number of nitrogens with one attached hydrogen (secondary N) is 1. The predicted octanol–water partition coefficient (Wildman–Crippen LogP) is 2.51. The van der Waals surface area contributed by atoms with E-state index in [2.05, 4.69) is 44.8 Å². The molecule has 0 unspecified atom stereocenters. The monoisotopic (exact) mass is 244 g/mol. The maximum absolute atomic E-state index is 5.66. The first-order chi connectivity index (χ1) is 8.09. The largest absolute Gasteiger partial charge is 0.380 e. The summed E-state index contributed by atoms with van der Waals surface area (Å²) in [5.74, 6) is 0. The summed E-state index contributed by atoms with van der Waals surface area (Å²) in [5, 5.41) is 3.38. The Morgan fingerprint density at radius 2 is 1.65 bits per heavy atom. The highest BCUT2D eigenvalue weighted by Crippen LogP contribution is 2.03. The lowest BCUT2D eigenvalue weighted by molar-refractivity contribution is 0.0773. The number of ether oxygens (including phenoxy) is 1. The quantitative estimate of drug-likeness (QED) is 0.565. The van der Waals surface area contributed by atoms with Gasteiger partial charge in [-0.15, -0.1) is 0 Å². The van der Waals surface area contributed by atoms with E-state index in [1.807, 2.05) is 0 Å². The molecule has 0 aliphatic rings. The van der Waals surface area contributed by atoms with Gasteiger partial charge >= 0.3 is 0 Å². The third kappa shape index (κ3) is 9.57. The Kier molecular flexibility index (Phi) is 10.9. The molecule has 0 rings (SSSR count). The lowest BCUT2D eigenvalue weighted by atomic mass is 10.2. The lowest BCUT2D eigenvalue weighted by Gasteiger charge is -2.30. The van der Waals surface area contributed by atoms with Crippen LogP contribution in [0.4, 0.5) is 0 Å². The summed E-state index contributed by atoms with van der Waals surface area (Å²) in [6.45, 7) is 16.1. The first kappa shape index (κ1) is 16.9. The Morgan fingerprint density at radius 1 is 1.00 bits per heavy atom. The van der Waals surface area contributed by atoms with Gasteiger partial charge in [0.25, 0.3) is 0 Å². The normalized spacial score (nSPS) is 12.0. The van der Waals surface area contributed by atoms with Crippen molar-refractivity contribution in [3.8, 4) is 0 Å². The average molecular weight is 244 g/mol. The third-order valence-corrected chi connectivity index (χ3v) is 2.89. The van der Waals surface area contributed by atoms with Crippen molar-refractivity contribution in [1.82, 2.24) is 10.2 Å². The second kappa shape index (κ2) is 11.0. The molecule has 104 valence electrons. The zero-order chi connectivity index (χ0) is 13.1. The molecular formula is C14H32N2O. The van der Waals surface area contributed by atoms with Crippen LogP contribution in [0, 0.1) is 0 Å². The van der Waals surface area contributed by atoms with Crippen molar-refractivity contribution in [2.45, 2.75) is 59.5 Å². The van der Waals surface area contributed by atoms with E-state index in [4.69, 9.17) is 4.74 Å². The number of hydrogen-bond donors (Lipinski definition) is 1. The SMILES string of the molecule is CCCNCCCOCCN(C(C)C)C(C)C. The minimum Gasteiger partial charge on any atom is -0.380 e. The molecule has 0 saturated heterocycles. The Labute approximate surface area is 108 Å². The minimum absolute atomic E-state index is 0.602. The lowest BCUT2D eigenvalue weighted by Crippen LogP contribution is -2.39. The smallest absolute Gasteiger partial charge is 0.0593 e. The zero-order valence-electron chi connectivity index (χ0n) is 12.5. The van der Waals surface area contributed by atoms with Gasteiger partial charge in [0.1, 0.15) is 0 Å². The van der Waals surface area contributed by atoms with Crippen molar-refractivity contribution < 1.29 is 4.74 Å². The molecule has 0 aliphatic carbocycles. The van der Waals surface area contributed by atoms with Gasteiger partial charge in [-0.1, -0.05) is 6.92 Å². The fourth-order valence-corrected chi connectivity index (χ4v) is 1.99. The average Bonchev–Trinajstić information content (AvgIpc) is 2.26. The van der Waals surface area contributed by atoms with Gasteiger partial charge in [0.05, 0.1) is 6.61 Å². The first-order valence-corrected chi connectivity index (χ1v) is 7.13. The fraction of sp³-hybridized carbons (Fsp3) is 1.00. The van der Waals surface area contributed by atoms with Gasteiger partial charge in [0.15, 0.2) is 0 Å². The molecule has 0 atom stereocenters. The van der Waals surface area contributed by atoms with E-state index in [0.29, 0.717) is 12.1 Å². The van der Waals surface area contributed by atoms with Crippen LogP contribution >= 0.6 is 0 Å². The minimum atomic E-state index is 0.602. The molecule has 0 heterocycles. The number of hydrogen-bond acceptors (Lipinski definition) is 3. The summed E-state index contributed by atoms with van der Waals surface area (Å²) < 4.78 is 5.66. The Balaban J connectivity index is 3.37. The maximum atomic E-state index is 5.66. The van der Waals surface area contributed by atoms with Crippen LogP contribution in [0.15, 0.2) is 0 Å². The molecule has 0 saturated carbocycles. The maximum Gasteiger partial charge on any atom is 0.0593 e. The molecule has 0 spiro atoms. The van der Waals surface area contributed by atoms with Gasteiger partial charge in [0.2, 0.25) is 0 Å². The molecule has 0 bridgehead atoms. The summed E-state index contributed by atoms with van der Waals surface area (Å²) in [5.41, 5.74) is 0. The first-order valence-electron chi connectivity index (χ1n) is 7.13. The third-order valence-electron chi connectivity index (χ3n) is 2.89. The molecule has 0 fully saturated rings. The summed E-state index contributed by atoms with van der Waals surface area (Å²) in [7, 11) is 0. The van der Waals surface area contributed by atoms with Gasteiger partial charge < -0.3 is 10.1 Å². The van der Waals surface area contributed by atoms with Crippen molar-refractivity contribution in [3.05, 3.63) is 0 Å². The van der Waals surface area contributed by atoms with Crippen molar-refractivity contribution >= 4 is 0 Å². The van der Waals surface area contributed by atoms with Gasteiger partial charge in [-0.3, -0.25) is 4.90 Å². The molecule has 0 aromatic rings. The van der Waals surface area contributed by atoms with Crippen molar-refractivity contribution in [2.24, 2.45) is 0 Å². The molecule has 17 heavy (non-hydrogen) atoms. The topological polar surface area (TPSA) is 24.5 Å². The van der Waals surface area contributed by atoms with E-state index in [1.165, 1.54) is 6.42 Å². The van der Waals surface area contributed by atoms with Gasteiger partial charge in [-0.2, -0.15) is 0 Å². The van der Waals surface area contributed by atoms with Gasteiger partial charge in [0, 0.05) is 25.2 Å². The van der Waals surface area contributed by atoms with Gasteiger partial charge in [-0.05, 0) is 53.6 Å². The van der Waals surface area contributed by atoms with E-state index < -0.39 is 0 Å². The molecule has 3 nitrogen and oxygen atoms in total. The highest BCUT2D eigenvalue weighted by molar-refractivity contribution is 4.66. The molecule has 0 radical (unpaired) electrons. The Hall–Kier alpha value is -0.120. The number of nitrogens with zero attached hydrogens (tertiary/aromatic N) is 1. The summed E-state index contributed by atoms with van der Waals surface area (Å²) in [6.07, 6.45) is 2.32. The molecule has 1 N–H and O–H groups in total. The van der Waals surface area contributed by atoms with Crippen molar-refractivity contribution in [1.29, 1.82) is 0 Å². The summed E-state index contributed by atoms with van der Waals surface area (Å²) in [4.78, 5) is 2.47. The second-order valence-corrected chi connectivity index (χ2v) is 5.14. The second-order valence-electron chi connectivity index (χ2n) is 5.14. The molecule has 0 aromatic heterocycles. The van der Waals surface area contributed by atoms with Crippen LogP contribution in [0.5, 0.6) is 0 Å². The van der Waals surface area contributed by atoms with Crippen LogP contribution in [0.1, 0.15) is 47.5 Å². The summed E-state index contributed by atoms with van der Waals surface area (Å²) >= 11 is 0. The highest BCUT2D eigenvalue weighted by atomic mass is 16.5. The van der Waals surface area contributed by atoms with E-state index in [-0.39, 0.29) is 0 Å². The van der Waals surface area contributed by atoms with Crippen molar-refractivity contribution in [2.75, 3.05) is 32.8 Å². The Bertz CT molecular complexity index is 152. The van der Waals surface area contributed by atoms with Crippen LogP contribution in [-0.2, 0) is 4.74 Å². The Morgan fingerprint density at radius 3 is 2.18 bits per heavy atom. The standard InChI is InChI=1S/C14H32N2O/c1-6-8-15-9-7-11-17-12-10-16(13(2)3)14(4)5/h13-15H,6-12H2,1-5H3. The van der Waals surface area contributed by atoms with Crippen molar-refractivity contribution in [3.63, 3.8) is 0 Å².